The van der Waals surface area contributed by atoms with Gasteiger partial charge in [0.2, 0.25) is 0 Å². The second-order valence-electron chi connectivity index (χ2n) is 5.31. The highest BCUT2D eigenvalue weighted by molar-refractivity contribution is 5.92. The minimum atomic E-state index is -0.220. The van der Waals surface area contributed by atoms with Crippen LogP contribution in [-0.2, 0) is 0 Å². The van der Waals surface area contributed by atoms with Crippen molar-refractivity contribution >= 4 is 5.91 Å². The number of likely N-dealkylation sites (tertiary alicyclic amines) is 1. The van der Waals surface area contributed by atoms with E-state index in [1.54, 1.807) is 19.3 Å². The smallest absolute Gasteiger partial charge is 0.273 e. The number of rotatable bonds is 5. The summed E-state index contributed by atoms with van der Waals surface area (Å²) in [4.78, 5) is 14.4. The fourth-order valence-corrected chi connectivity index (χ4v) is 2.70. The molecule has 0 unspecified atom stereocenters. The predicted octanol–water partition coefficient (Wildman–Crippen LogP) is 2.14. The molecule has 112 valence electrons. The summed E-state index contributed by atoms with van der Waals surface area (Å²) < 4.78 is 10.4. The third-order valence-corrected chi connectivity index (χ3v) is 3.77. The number of furan rings is 1. The number of nitrogens with zero attached hydrogens (tertiary/aromatic N) is 2. The Labute approximate surface area is 123 Å². The van der Waals surface area contributed by atoms with E-state index in [0.29, 0.717) is 18.0 Å². The first kappa shape index (κ1) is 13.9. The Morgan fingerprint density at radius 1 is 1.48 bits per heavy atom. The number of carbonyl (C=O) groups excluding carboxylic acids is 1. The standard InChI is InChI=1S/C15H19N3O3/c1-11-9-12(17-21-11)15(19)16-10-13(14-5-4-8-20-14)18-6-2-3-7-18/h4-5,8-9,13H,2-3,6-7,10H2,1H3,(H,16,19)/t13-/m0/s1. The molecule has 21 heavy (non-hydrogen) atoms. The summed E-state index contributed by atoms with van der Waals surface area (Å²) >= 11 is 0. The fourth-order valence-electron chi connectivity index (χ4n) is 2.70. The maximum atomic E-state index is 12.1. The first-order valence-electron chi connectivity index (χ1n) is 7.23. The van der Waals surface area contributed by atoms with Crippen LogP contribution in [0.4, 0.5) is 0 Å². The number of aromatic nitrogens is 1. The highest BCUT2D eigenvalue weighted by Gasteiger charge is 2.26. The van der Waals surface area contributed by atoms with Crippen LogP contribution in [0, 0.1) is 6.92 Å². The monoisotopic (exact) mass is 289 g/mol. The van der Waals surface area contributed by atoms with E-state index in [4.69, 9.17) is 8.94 Å². The van der Waals surface area contributed by atoms with Crippen LogP contribution in [0.3, 0.4) is 0 Å². The lowest BCUT2D eigenvalue weighted by atomic mass is 10.2. The fraction of sp³-hybridized carbons (Fsp3) is 0.467. The van der Waals surface area contributed by atoms with E-state index in [-0.39, 0.29) is 11.9 Å². The largest absolute Gasteiger partial charge is 0.468 e. The molecule has 6 heteroatoms. The molecule has 0 aliphatic carbocycles. The Bertz CT molecular complexity index is 585. The van der Waals surface area contributed by atoms with Crippen LogP contribution in [0.2, 0.25) is 0 Å². The molecule has 2 aromatic rings. The summed E-state index contributed by atoms with van der Waals surface area (Å²) in [7, 11) is 0. The highest BCUT2D eigenvalue weighted by atomic mass is 16.5. The summed E-state index contributed by atoms with van der Waals surface area (Å²) in [6.07, 6.45) is 4.04. The average Bonchev–Trinajstić information content (AvgIpc) is 3.21. The van der Waals surface area contributed by atoms with Gasteiger partial charge in [-0.05, 0) is 45.0 Å². The van der Waals surface area contributed by atoms with Crippen LogP contribution in [-0.4, -0.2) is 35.6 Å². The van der Waals surface area contributed by atoms with Gasteiger partial charge in [0, 0.05) is 12.6 Å². The molecule has 0 bridgehead atoms. The van der Waals surface area contributed by atoms with Gasteiger partial charge in [0.1, 0.15) is 11.5 Å². The molecule has 0 radical (unpaired) electrons. The van der Waals surface area contributed by atoms with Crippen LogP contribution in [0.25, 0.3) is 0 Å². The van der Waals surface area contributed by atoms with E-state index in [0.717, 1.165) is 18.8 Å². The molecular formula is C15H19N3O3. The molecule has 3 rings (SSSR count). The third-order valence-electron chi connectivity index (χ3n) is 3.77. The maximum Gasteiger partial charge on any atom is 0.273 e. The van der Waals surface area contributed by atoms with Gasteiger partial charge < -0.3 is 14.3 Å². The normalized spacial score (nSPS) is 17.0. The lowest BCUT2D eigenvalue weighted by molar-refractivity contribution is 0.0924. The summed E-state index contributed by atoms with van der Waals surface area (Å²) in [6.45, 7) is 4.33. The molecule has 0 saturated carbocycles. The summed E-state index contributed by atoms with van der Waals surface area (Å²) in [6, 6.07) is 5.53. The number of aryl methyl sites for hydroxylation is 1. The van der Waals surface area contributed by atoms with E-state index in [1.165, 1.54) is 12.8 Å². The molecular weight excluding hydrogens is 270 g/mol. The Balaban J connectivity index is 1.66. The Hall–Kier alpha value is -2.08. The van der Waals surface area contributed by atoms with Crippen LogP contribution in [0.1, 0.15) is 40.9 Å². The molecule has 1 aliphatic rings. The summed E-state index contributed by atoms with van der Waals surface area (Å²) in [5.74, 6) is 1.29. The van der Waals surface area contributed by atoms with Gasteiger partial charge in [-0.3, -0.25) is 9.69 Å². The van der Waals surface area contributed by atoms with Crippen molar-refractivity contribution in [2.45, 2.75) is 25.8 Å². The quantitative estimate of drug-likeness (QED) is 0.913. The van der Waals surface area contributed by atoms with Gasteiger partial charge in [-0.25, -0.2) is 0 Å². The molecule has 1 fully saturated rings. The van der Waals surface area contributed by atoms with Crippen molar-refractivity contribution < 1.29 is 13.7 Å². The van der Waals surface area contributed by atoms with Crippen LogP contribution in [0.5, 0.6) is 0 Å². The first-order chi connectivity index (χ1) is 10.2. The molecule has 0 spiro atoms. The van der Waals surface area contributed by atoms with E-state index >= 15 is 0 Å². The maximum absolute atomic E-state index is 12.1. The second kappa shape index (κ2) is 6.13. The molecule has 1 saturated heterocycles. The average molecular weight is 289 g/mol. The van der Waals surface area contributed by atoms with E-state index < -0.39 is 0 Å². The van der Waals surface area contributed by atoms with Crippen molar-refractivity contribution in [1.82, 2.24) is 15.4 Å². The number of hydrogen-bond acceptors (Lipinski definition) is 5. The minimum Gasteiger partial charge on any atom is -0.468 e. The minimum absolute atomic E-state index is 0.0689. The summed E-state index contributed by atoms with van der Waals surface area (Å²) in [5, 5.41) is 6.64. The van der Waals surface area contributed by atoms with Crippen LogP contribution < -0.4 is 5.32 Å². The zero-order valence-electron chi connectivity index (χ0n) is 12.0. The van der Waals surface area contributed by atoms with Crippen LogP contribution >= 0.6 is 0 Å². The molecule has 1 atom stereocenters. The van der Waals surface area contributed by atoms with E-state index in [2.05, 4.69) is 15.4 Å². The lowest BCUT2D eigenvalue weighted by Gasteiger charge is -2.25. The molecule has 0 aromatic carbocycles. The van der Waals surface area contributed by atoms with Crippen LogP contribution in [0.15, 0.2) is 33.4 Å². The number of nitrogens with one attached hydrogen (secondary N) is 1. The first-order valence-corrected chi connectivity index (χ1v) is 7.23. The number of carbonyl (C=O) groups is 1. The SMILES string of the molecule is Cc1cc(C(=O)NC[C@@H](c2ccco2)N2CCCC2)no1. The second-order valence-corrected chi connectivity index (χ2v) is 5.31. The molecule has 1 aliphatic heterocycles. The molecule has 1 amide bonds. The predicted molar refractivity (Wildman–Crippen MR) is 75.8 cm³/mol. The highest BCUT2D eigenvalue weighted by Crippen LogP contribution is 2.24. The summed E-state index contributed by atoms with van der Waals surface area (Å²) in [5.41, 5.74) is 0.312. The van der Waals surface area contributed by atoms with Crippen molar-refractivity contribution in [2.75, 3.05) is 19.6 Å². The van der Waals surface area contributed by atoms with Crippen molar-refractivity contribution in [2.24, 2.45) is 0 Å². The third kappa shape index (κ3) is 3.16. The van der Waals surface area contributed by atoms with Gasteiger partial charge >= 0.3 is 0 Å². The zero-order valence-corrected chi connectivity index (χ0v) is 12.0. The van der Waals surface area contributed by atoms with Crippen molar-refractivity contribution in [1.29, 1.82) is 0 Å². The zero-order chi connectivity index (χ0) is 14.7. The van der Waals surface area contributed by atoms with Gasteiger partial charge in [0.25, 0.3) is 5.91 Å². The van der Waals surface area contributed by atoms with Gasteiger partial charge in [-0.1, -0.05) is 5.16 Å². The molecule has 6 nitrogen and oxygen atoms in total. The topological polar surface area (TPSA) is 71.5 Å². The Morgan fingerprint density at radius 3 is 2.90 bits per heavy atom. The Morgan fingerprint density at radius 2 is 2.29 bits per heavy atom. The van der Waals surface area contributed by atoms with Crippen molar-refractivity contribution in [3.8, 4) is 0 Å². The van der Waals surface area contributed by atoms with Gasteiger partial charge in [-0.15, -0.1) is 0 Å². The molecule has 2 aromatic heterocycles. The van der Waals surface area contributed by atoms with Crippen molar-refractivity contribution in [3.63, 3.8) is 0 Å². The van der Waals surface area contributed by atoms with Gasteiger partial charge in [-0.2, -0.15) is 0 Å². The van der Waals surface area contributed by atoms with Gasteiger partial charge in [0.05, 0.1) is 12.3 Å². The van der Waals surface area contributed by atoms with Crippen molar-refractivity contribution in [3.05, 3.63) is 41.7 Å². The van der Waals surface area contributed by atoms with E-state index in [1.807, 2.05) is 12.1 Å². The molecule has 3 heterocycles. The number of hydrogen-bond donors (Lipinski definition) is 1. The Kier molecular flexibility index (Phi) is 4.06. The van der Waals surface area contributed by atoms with Gasteiger partial charge in [0.15, 0.2) is 5.69 Å². The lowest BCUT2D eigenvalue weighted by Crippen LogP contribution is -2.36. The van der Waals surface area contributed by atoms with E-state index in [9.17, 15) is 4.79 Å². The molecule has 1 N–H and O–H groups in total. The number of amides is 1.